The van der Waals surface area contributed by atoms with Crippen molar-refractivity contribution in [2.45, 2.75) is 68.2 Å². The Morgan fingerprint density at radius 3 is 2.79 bits per heavy atom. The first-order chi connectivity index (χ1) is 17.4. The molecule has 0 radical (unpaired) electrons. The molecule has 3 N–H and O–H groups in total. The van der Waals surface area contributed by atoms with E-state index < -0.39 is 17.1 Å². The third-order valence-electron chi connectivity index (χ3n) is 10.4. The van der Waals surface area contributed by atoms with Gasteiger partial charge in [0.05, 0.1) is 17.7 Å². The smallest absolute Gasteiger partial charge is 0.252 e. The number of piperidine rings is 1. The minimum absolute atomic E-state index is 0. The van der Waals surface area contributed by atoms with Crippen molar-refractivity contribution in [3.63, 3.8) is 0 Å². The average Bonchev–Trinajstić information content (AvgIpc) is 3.38. The number of nitrogens with zero attached hydrogens (tertiary/aromatic N) is 3. The Labute approximate surface area is 234 Å². The molecular formula is C28H34Cl2N4O4. The van der Waals surface area contributed by atoms with Crippen molar-refractivity contribution >= 4 is 30.7 Å². The fraction of sp³-hybridized carbons (Fsp3) is 0.571. The fourth-order valence-corrected chi connectivity index (χ4v) is 8.71. The highest BCUT2D eigenvalue weighted by molar-refractivity contribution is 5.97. The number of H-pyrrole nitrogens is 1. The Morgan fingerprint density at radius 1 is 1.24 bits per heavy atom. The fourth-order valence-electron chi connectivity index (χ4n) is 8.71. The highest BCUT2D eigenvalue weighted by atomic mass is 35.5. The van der Waals surface area contributed by atoms with E-state index in [-0.39, 0.29) is 47.9 Å². The number of benzene rings is 1. The van der Waals surface area contributed by atoms with E-state index in [0.29, 0.717) is 24.3 Å². The van der Waals surface area contributed by atoms with Crippen LogP contribution < -0.4 is 4.74 Å². The van der Waals surface area contributed by atoms with Gasteiger partial charge in [0.2, 0.25) is 0 Å². The maximum atomic E-state index is 14.0. The molecule has 2 spiro atoms. The number of phenolic OH excluding ortho intramolecular Hbond substituents is 1. The van der Waals surface area contributed by atoms with Gasteiger partial charge in [-0.15, -0.1) is 24.8 Å². The Hall–Kier alpha value is -2.26. The summed E-state index contributed by atoms with van der Waals surface area (Å²) in [5, 5.41) is 30.1. The van der Waals surface area contributed by atoms with Gasteiger partial charge in [-0.25, -0.2) is 0 Å². The van der Waals surface area contributed by atoms with Gasteiger partial charge in [-0.2, -0.15) is 5.10 Å². The van der Waals surface area contributed by atoms with Crippen LogP contribution in [0.1, 0.15) is 48.9 Å². The number of likely N-dealkylation sites (N-methyl/N-ethyl adjacent to an activating group) is 1. The van der Waals surface area contributed by atoms with Crippen LogP contribution in [0.4, 0.5) is 0 Å². The summed E-state index contributed by atoms with van der Waals surface area (Å²) in [5.41, 5.74) is 1.52. The summed E-state index contributed by atoms with van der Waals surface area (Å²) >= 11 is 0. The second-order valence-electron chi connectivity index (χ2n) is 12.1. The molecule has 1 aromatic heterocycles. The van der Waals surface area contributed by atoms with E-state index in [2.05, 4.69) is 27.2 Å². The molecule has 9 rings (SSSR count). The summed E-state index contributed by atoms with van der Waals surface area (Å²) in [6.07, 6.45) is 8.96. The Morgan fingerprint density at radius 2 is 2.05 bits per heavy atom. The van der Waals surface area contributed by atoms with Crippen molar-refractivity contribution in [2.75, 3.05) is 20.1 Å². The summed E-state index contributed by atoms with van der Waals surface area (Å²) in [7, 11) is 1.78. The number of hydrogen-bond donors (Lipinski definition) is 3. The molecule has 1 saturated heterocycles. The predicted octanol–water partition coefficient (Wildman–Crippen LogP) is 3.11. The van der Waals surface area contributed by atoms with Crippen LogP contribution in [0, 0.1) is 11.3 Å². The first kappa shape index (κ1) is 26.0. The van der Waals surface area contributed by atoms with E-state index in [4.69, 9.17) is 4.74 Å². The number of aliphatic hydroxyl groups is 1. The molecule has 5 aliphatic carbocycles. The third kappa shape index (κ3) is 3.00. The number of hydrogen-bond acceptors (Lipinski definition) is 6. The van der Waals surface area contributed by atoms with Gasteiger partial charge in [-0.3, -0.25) is 14.8 Å². The van der Waals surface area contributed by atoms with Gasteiger partial charge >= 0.3 is 0 Å². The zero-order chi connectivity index (χ0) is 24.4. The number of aromatic hydroxyl groups is 1. The first-order valence-corrected chi connectivity index (χ1v) is 13.3. The van der Waals surface area contributed by atoms with Gasteiger partial charge in [0, 0.05) is 42.4 Å². The highest BCUT2D eigenvalue weighted by Crippen LogP contribution is 2.74. The Balaban J connectivity index is 0.00000132. The molecule has 1 amide bonds. The quantitative estimate of drug-likeness (QED) is 0.519. The first-order valence-electron chi connectivity index (χ1n) is 13.3. The van der Waals surface area contributed by atoms with Crippen molar-refractivity contribution in [3.05, 3.63) is 52.9 Å². The van der Waals surface area contributed by atoms with Crippen LogP contribution >= 0.6 is 24.8 Å². The summed E-state index contributed by atoms with van der Waals surface area (Å²) in [5.74, 6) is 1.28. The van der Waals surface area contributed by atoms with Crippen LogP contribution in [0.15, 0.2) is 36.0 Å². The molecule has 0 unspecified atom stereocenters. The molecule has 3 heterocycles. The number of likely N-dealkylation sites (tertiary alicyclic amines) is 1. The normalized spacial score (nSPS) is 35.4. The number of carbonyl (C=O) groups is 1. The van der Waals surface area contributed by atoms with E-state index in [0.717, 1.165) is 49.5 Å². The zero-order valence-electron chi connectivity index (χ0n) is 21.4. The Kier molecular flexibility index (Phi) is 5.72. The Bertz CT molecular complexity index is 1330. The maximum Gasteiger partial charge on any atom is 0.252 e. The van der Waals surface area contributed by atoms with Crippen LogP contribution in [0.5, 0.6) is 11.5 Å². The van der Waals surface area contributed by atoms with Crippen LogP contribution in [-0.4, -0.2) is 74.0 Å². The summed E-state index contributed by atoms with van der Waals surface area (Å²) in [6, 6.07) is 5.91. The number of carbonyl (C=O) groups excluding carboxylic acids is 1. The second-order valence-corrected chi connectivity index (χ2v) is 12.1. The highest BCUT2D eigenvalue weighted by Gasteiger charge is 2.78. The molecule has 3 fully saturated rings. The monoisotopic (exact) mass is 560 g/mol. The number of amides is 1. The summed E-state index contributed by atoms with van der Waals surface area (Å²) < 4.78 is 6.59. The molecule has 2 aliphatic heterocycles. The van der Waals surface area contributed by atoms with Crippen molar-refractivity contribution in [2.24, 2.45) is 11.3 Å². The number of phenols is 1. The van der Waals surface area contributed by atoms with E-state index >= 15 is 0 Å². The zero-order valence-corrected chi connectivity index (χ0v) is 23.0. The molecule has 1 aromatic carbocycles. The van der Waals surface area contributed by atoms with Crippen LogP contribution in [-0.2, 0) is 23.2 Å². The van der Waals surface area contributed by atoms with Crippen LogP contribution in [0.25, 0.3) is 0 Å². The van der Waals surface area contributed by atoms with Crippen LogP contribution in [0.2, 0.25) is 0 Å². The molecule has 8 nitrogen and oxygen atoms in total. The molecule has 7 aliphatic rings. The number of fused-ring (bicyclic) bond motifs is 1. The predicted molar refractivity (Wildman–Crippen MR) is 145 cm³/mol. The molecule has 38 heavy (non-hydrogen) atoms. The van der Waals surface area contributed by atoms with Crippen LogP contribution in [0.3, 0.4) is 0 Å². The van der Waals surface area contributed by atoms with Crippen molar-refractivity contribution in [1.82, 2.24) is 20.0 Å². The summed E-state index contributed by atoms with van der Waals surface area (Å²) in [4.78, 5) is 18.3. The number of ether oxygens (including phenoxy) is 1. The van der Waals surface area contributed by atoms with Crippen molar-refractivity contribution < 1.29 is 19.7 Å². The number of halogens is 2. The number of nitrogens with one attached hydrogen (secondary N) is 1. The summed E-state index contributed by atoms with van der Waals surface area (Å²) in [6.45, 7) is 2.46. The largest absolute Gasteiger partial charge is 0.504 e. The van der Waals surface area contributed by atoms with E-state index in [1.54, 1.807) is 24.2 Å². The molecule has 10 heteroatoms. The average molecular weight is 562 g/mol. The third-order valence-corrected chi connectivity index (χ3v) is 10.4. The molecule has 2 saturated carbocycles. The van der Waals surface area contributed by atoms with Crippen molar-refractivity contribution in [3.8, 4) is 11.5 Å². The SMILES string of the molecule is CN(Cc1ccn[nH]1)C(=O)C1=C[C@@]23CC[C@]1(O)[C@@H]1Oc4c(O)ccc5c4[C@@]12CCN(CC1CC1)[C@@H]3C5.Cl.Cl. The molecular weight excluding hydrogens is 527 g/mol. The van der Waals surface area contributed by atoms with E-state index in [9.17, 15) is 15.0 Å². The minimum Gasteiger partial charge on any atom is -0.504 e. The molecule has 2 aromatic rings. The minimum atomic E-state index is -1.40. The van der Waals surface area contributed by atoms with Gasteiger partial charge in [-0.05, 0) is 68.7 Å². The maximum absolute atomic E-state index is 14.0. The number of aromatic nitrogens is 2. The lowest BCUT2D eigenvalue weighted by molar-refractivity contribution is -0.188. The van der Waals surface area contributed by atoms with Gasteiger partial charge in [0.15, 0.2) is 11.5 Å². The number of aromatic amines is 1. The van der Waals surface area contributed by atoms with Gasteiger partial charge in [-0.1, -0.05) is 12.1 Å². The van der Waals surface area contributed by atoms with Crippen molar-refractivity contribution in [1.29, 1.82) is 0 Å². The number of rotatable bonds is 5. The van der Waals surface area contributed by atoms with Gasteiger partial charge < -0.3 is 19.8 Å². The molecule has 4 bridgehead atoms. The van der Waals surface area contributed by atoms with E-state index in [1.165, 1.54) is 18.4 Å². The lowest BCUT2D eigenvalue weighted by Crippen LogP contribution is -2.78. The standard InChI is InChI=1S/C28H32N4O4.2ClH/c1-31(15-18-6-10-29-30-18)24(34)19-13-26-7-8-28(19,35)25-27(26)9-11-32(14-16-2-3-16)21(26)12-17-4-5-20(33)23(36-25)22(17)27;;/h4-6,10,13,16,21,25,33,35H,2-3,7-9,11-12,14-15H2,1H3,(H,29,30);2*1H/t21-,25-,26-,27+,28-;;/m1../s1. The molecule has 5 atom stereocenters. The lowest BCUT2D eigenvalue weighted by atomic mass is 9.38. The van der Waals surface area contributed by atoms with E-state index in [1.807, 2.05) is 6.07 Å². The topological polar surface area (TPSA) is 102 Å². The van der Waals surface area contributed by atoms with Gasteiger partial charge in [0.25, 0.3) is 5.91 Å². The molecule has 204 valence electrons. The lowest BCUT2D eigenvalue weighted by Gasteiger charge is -2.70. The van der Waals surface area contributed by atoms with Gasteiger partial charge in [0.1, 0.15) is 11.7 Å². The second kappa shape index (κ2) is 8.37.